The van der Waals surface area contributed by atoms with Crippen molar-refractivity contribution >= 4 is 11.8 Å². The van der Waals surface area contributed by atoms with Gasteiger partial charge in [0, 0.05) is 11.3 Å². The third-order valence-electron chi connectivity index (χ3n) is 4.74. The van der Waals surface area contributed by atoms with Crippen LogP contribution in [0.5, 0.6) is 0 Å². The number of nitrogens with zero attached hydrogens (tertiary/aromatic N) is 3. The lowest BCUT2D eigenvalue weighted by atomic mass is 9.93. The summed E-state index contributed by atoms with van der Waals surface area (Å²) in [6.07, 6.45) is 4.42. The molecule has 1 atom stereocenters. The van der Waals surface area contributed by atoms with Crippen molar-refractivity contribution in [1.82, 2.24) is 15.1 Å². The van der Waals surface area contributed by atoms with Crippen molar-refractivity contribution in [2.45, 2.75) is 31.8 Å². The van der Waals surface area contributed by atoms with E-state index in [0.717, 1.165) is 36.1 Å². The minimum absolute atomic E-state index is 0.0644. The molecular weight excluding hydrogens is 348 g/mol. The van der Waals surface area contributed by atoms with Gasteiger partial charge in [0.05, 0.1) is 24.8 Å². The molecule has 8 nitrogen and oxygen atoms in total. The molecule has 2 aromatic heterocycles. The molecule has 0 bridgehead atoms. The Morgan fingerprint density at radius 3 is 2.85 bits per heavy atom. The van der Waals surface area contributed by atoms with E-state index in [1.165, 1.54) is 12.1 Å². The van der Waals surface area contributed by atoms with E-state index in [1.54, 1.807) is 6.20 Å². The first kappa shape index (κ1) is 17.0. The number of nitro groups is 1. The van der Waals surface area contributed by atoms with Gasteiger partial charge < -0.3 is 9.73 Å². The van der Waals surface area contributed by atoms with Crippen molar-refractivity contribution in [2.24, 2.45) is 0 Å². The van der Waals surface area contributed by atoms with Gasteiger partial charge in [-0.2, -0.15) is 5.10 Å². The summed E-state index contributed by atoms with van der Waals surface area (Å²) >= 11 is 0. The molecule has 0 radical (unpaired) electrons. The summed E-state index contributed by atoms with van der Waals surface area (Å²) in [4.78, 5) is 22.5. The lowest BCUT2D eigenvalue weighted by Crippen LogP contribution is -2.30. The number of nitrogens with one attached hydrogen (secondary N) is 1. The number of hydrogen-bond acceptors (Lipinski definition) is 5. The van der Waals surface area contributed by atoms with Crippen molar-refractivity contribution in [3.63, 3.8) is 0 Å². The smallest absolute Gasteiger partial charge is 0.395 e. The van der Waals surface area contributed by atoms with Crippen LogP contribution in [0, 0.1) is 10.1 Å². The van der Waals surface area contributed by atoms with Gasteiger partial charge >= 0.3 is 5.88 Å². The molecule has 138 valence electrons. The van der Waals surface area contributed by atoms with Crippen molar-refractivity contribution in [3.8, 4) is 0 Å². The first-order chi connectivity index (χ1) is 13.1. The van der Waals surface area contributed by atoms with Gasteiger partial charge in [-0.1, -0.05) is 30.3 Å². The number of benzene rings is 1. The molecule has 1 aliphatic carbocycles. The molecule has 0 saturated heterocycles. The van der Waals surface area contributed by atoms with Gasteiger partial charge in [0.2, 0.25) is 0 Å². The van der Waals surface area contributed by atoms with Gasteiger partial charge in [0.1, 0.15) is 4.92 Å². The van der Waals surface area contributed by atoms with Crippen LogP contribution in [0.3, 0.4) is 0 Å². The Labute approximate surface area is 154 Å². The zero-order valence-electron chi connectivity index (χ0n) is 14.5. The predicted molar refractivity (Wildman–Crippen MR) is 96.3 cm³/mol. The molecular formula is C19H18N4O4. The second kappa shape index (κ2) is 7.06. The summed E-state index contributed by atoms with van der Waals surface area (Å²) in [5.74, 6) is -0.970. The van der Waals surface area contributed by atoms with E-state index in [2.05, 4.69) is 22.5 Å². The lowest BCUT2D eigenvalue weighted by molar-refractivity contribution is -0.402. The van der Waals surface area contributed by atoms with E-state index in [0.29, 0.717) is 6.54 Å². The fourth-order valence-corrected chi connectivity index (χ4v) is 3.44. The van der Waals surface area contributed by atoms with Crippen LogP contribution in [0.1, 0.15) is 46.3 Å². The summed E-state index contributed by atoms with van der Waals surface area (Å²) in [6.45, 7) is 0.682. The Kier molecular flexibility index (Phi) is 4.45. The van der Waals surface area contributed by atoms with Crippen LogP contribution >= 0.6 is 0 Å². The highest BCUT2D eigenvalue weighted by Crippen LogP contribution is 2.30. The fraction of sp³-hybridized carbons (Fsp3) is 0.263. The van der Waals surface area contributed by atoms with Gasteiger partial charge in [-0.05, 0) is 30.9 Å². The number of aromatic nitrogens is 2. The lowest BCUT2D eigenvalue weighted by Gasteiger charge is -2.24. The molecule has 1 N–H and O–H groups in total. The minimum atomic E-state index is -0.664. The monoisotopic (exact) mass is 366 g/mol. The van der Waals surface area contributed by atoms with Crippen LogP contribution in [-0.4, -0.2) is 20.6 Å². The zero-order chi connectivity index (χ0) is 18.8. The first-order valence-corrected chi connectivity index (χ1v) is 8.75. The van der Waals surface area contributed by atoms with Crippen LogP contribution in [-0.2, 0) is 13.0 Å². The molecule has 0 aliphatic heterocycles. The summed E-state index contributed by atoms with van der Waals surface area (Å²) in [5.41, 5.74) is 3.27. The maximum Gasteiger partial charge on any atom is 0.433 e. The van der Waals surface area contributed by atoms with Crippen molar-refractivity contribution in [3.05, 3.63) is 81.4 Å². The van der Waals surface area contributed by atoms with Crippen molar-refractivity contribution < 1.29 is 14.1 Å². The largest absolute Gasteiger partial charge is 0.433 e. The summed E-state index contributed by atoms with van der Waals surface area (Å²) in [5, 5.41) is 18.1. The highest BCUT2D eigenvalue weighted by molar-refractivity contribution is 5.92. The number of carbonyl (C=O) groups is 1. The average Bonchev–Trinajstić information content (AvgIpc) is 3.31. The van der Waals surface area contributed by atoms with Crippen LogP contribution in [0.25, 0.3) is 0 Å². The zero-order valence-corrected chi connectivity index (χ0v) is 14.5. The van der Waals surface area contributed by atoms with Gasteiger partial charge in [-0.3, -0.25) is 19.6 Å². The predicted octanol–water partition coefficient (Wildman–Crippen LogP) is 3.24. The number of amides is 1. The highest BCUT2D eigenvalue weighted by atomic mass is 16.6. The average molecular weight is 366 g/mol. The maximum absolute atomic E-state index is 12.4. The van der Waals surface area contributed by atoms with E-state index >= 15 is 0 Å². The third-order valence-corrected chi connectivity index (χ3v) is 4.74. The number of furan rings is 1. The molecule has 1 amide bonds. The van der Waals surface area contributed by atoms with E-state index in [-0.39, 0.29) is 11.8 Å². The van der Waals surface area contributed by atoms with Gasteiger partial charge in [0.15, 0.2) is 5.76 Å². The molecule has 4 rings (SSSR count). The molecule has 8 heteroatoms. The maximum atomic E-state index is 12.4. The molecule has 0 spiro atoms. The standard InChI is InChI=1S/C19H18N4O4/c24-19(17-9-10-18(27-17)23(25)26)21-15-7-4-8-16-14(15)11-20-22(16)12-13-5-2-1-3-6-13/h1-3,5-6,9-11,15H,4,7-8,12H2,(H,21,24). The van der Waals surface area contributed by atoms with Gasteiger partial charge in [-0.25, -0.2) is 0 Å². The van der Waals surface area contributed by atoms with E-state index in [4.69, 9.17) is 4.42 Å². The van der Waals surface area contributed by atoms with Crippen molar-refractivity contribution in [2.75, 3.05) is 0 Å². The van der Waals surface area contributed by atoms with Gasteiger partial charge in [-0.15, -0.1) is 0 Å². The Balaban J connectivity index is 1.51. The van der Waals surface area contributed by atoms with Crippen LogP contribution in [0.15, 0.2) is 53.1 Å². The highest BCUT2D eigenvalue weighted by Gasteiger charge is 2.27. The molecule has 0 fully saturated rings. The normalized spacial score (nSPS) is 15.9. The summed E-state index contributed by atoms with van der Waals surface area (Å²) in [7, 11) is 0. The molecule has 1 unspecified atom stereocenters. The van der Waals surface area contributed by atoms with E-state index in [9.17, 15) is 14.9 Å². The van der Waals surface area contributed by atoms with Gasteiger partial charge in [0.25, 0.3) is 5.91 Å². The van der Waals surface area contributed by atoms with Crippen LogP contribution < -0.4 is 5.32 Å². The molecule has 0 saturated carbocycles. The second-order valence-corrected chi connectivity index (χ2v) is 6.50. The Morgan fingerprint density at radius 2 is 2.11 bits per heavy atom. The Hall–Kier alpha value is -3.42. The molecule has 1 aromatic carbocycles. The molecule has 27 heavy (non-hydrogen) atoms. The number of fused-ring (bicyclic) bond motifs is 1. The minimum Gasteiger partial charge on any atom is -0.395 e. The van der Waals surface area contributed by atoms with Crippen LogP contribution in [0.2, 0.25) is 0 Å². The van der Waals surface area contributed by atoms with Crippen LogP contribution in [0.4, 0.5) is 5.88 Å². The van der Waals surface area contributed by atoms with Crippen molar-refractivity contribution in [1.29, 1.82) is 0 Å². The Bertz CT molecular complexity index is 977. The molecule has 3 aromatic rings. The quantitative estimate of drug-likeness (QED) is 0.551. The number of hydrogen-bond donors (Lipinski definition) is 1. The molecule has 2 heterocycles. The summed E-state index contributed by atoms with van der Waals surface area (Å²) in [6, 6.07) is 12.4. The number of rotatable bonds is 5. The topological polar surface area (TPSA) is 103 Å². The third kappa shape index (κ3) is 3.46. The number of carbonyl (C=O) groups excluding carboxylic acids is 1. The summed E-state index contributed by atoms with van der Waals surface area (Å²) < 4.78 is 6.96. The van der Waals surface area contributed by atoms with E-state index < -0.39 is 16.7 Å². The van der Waals surface area contributed by atoms with E-state index in [1.807, 2.05) is 22.9 Å². The Morgan fingerprint density at radius 1 is 1.30 bits per heavy atom. The SMILES string of the molecule is O=C(NC1CCCc2c1cnn2Cc1ccccc1)c1ccc([N+](=O)[O-])o1. The first-order valence-electron chi connectivity index (χ1n) is 8.75. The second-order valence-electron chi connectivity index (χ2n) is 6.50. The molecule has 1 aliphatic rings. The fourth-order valence-electron chi connectivity index (χ4n) is 3.44.